The van der Waals surface area contributed by atoms with Crippen LogP contribution in [0, 0.1) is 0 Å². The van der Waals surface area contributed by atoms with E-state index in [2.05, 4.69) is 142 Å². The van der Waals surface area contributed by atoms with Crippen molar-refractivity contribution in [3.63, 3.8) is 0 Å². The zero-order valence-electron chi connectivity index (χ0n) is 47.4. The summed E-state index contributed by atoms with van der Waals surface area (Å²) in [6, 6.07) is 0. The van der Waals surface area contributed by atoms with Gasteiger partial charge in [-0.15, -0.1) is 0 Å². The number of carbonyl (C=O) groups is 3. The van der Waals surface area contributed by atoms with Crippen LogP contribution in [-0.4, -0.2) is 37.2 Å². The molecule has 0 aliphatic rings. The van der Waals surface area contributed by atoms with Crippen molar-refractivity contribution < 1.29 is 28.6 Å². The van der Waals surface area contributed by atoms with Gasteiger partial charge >= 0.3 is 17.9 Å². The normalized spacial score (nSPS) is 13.0. The molecule has 0 fully saturated rings. The molecule has 0 bridgehead atoms. The summed E-state index contributed by atoms with van der Waals surface area (Å²) >= 11 is 0. The summed E-state index contributed by atoms with van der Waals surface area (Å²) in [5.41, 5.74) is 0. The van der Waals surface area contributed by atoms with Crippen LogP contribution in [0.2, 0.25) is 0 Å². The molecule has 0 saturated heterocycles. The smallest absolute Gasteiger partial charge is 0.306 e. The second kappa shape index (κ2) is 60.4. The van der Waals surface area contributed by atoms with E-state index in [0.29, 0.717) is 19.3 Å². The first-order valence-electron chi connectivity index (χ1n) is 30.0. The van der Waals surface area contributed by atoms with Crippen molar-refractivity contribution in [2.75, 3.05) is 13.2 Å². The number of allylic oxidation sites excluding steroid dienone is 20. The van der Waals surface area contributed by atoms with Crippen LogP contribution in [0.1, 0.15) is 265 Å². The lowest BCUT2D eigenvalue weighted by Gasteiger charge is -2.18. The summed E-state index contributed by atoms with van der Waals surface area (Å²) in [5, 5.41) is 0. The highest BCUT2D eigenvalue weighted by atomic mass is 16.6. The molecular formula is C67H110O6. The van der Waals surface area contributed by atoms with E-state index in [4.69, 9.17) is 14.2 Å². The molecule has 0 aliphatic heterocycles. The van der Waals surface area contributed by atoms with Gasteiger partial charge in [-0.3, -0.25) is 14.4 Å². The third-order valence-corrected chi connectivity index (χ3v) is 12.5. The molecule has 0 aromatic carbocycles. The number of hydrogen-bond donors (Lipinski definition) is 0. The number of carbonyl (C=O) groups excluding carboxylic acids is 3. The predicted molar refractivity (Wildman–Crippen MR) is 316 cm³/mol. The molecule has 0 aromatic heterocycles. The number of hydrogen-bond acceptors (Lipinski definition) is 6. The molecule has 0 saturated carbocycles. The largest absolute Gasteiger partial charge is 0.462 e. The molecule has 1 atom stereocenters. The Labute approximate surface area is 450 Å². The summed E-state index contributed by atoms with van der Waals surface area (Å²) in [6.45, 7) is 6.36. The average Bonchev–Trinajstić information content (AvgIpc) is 3.39. The van der Waals surface area contributed by atoms with Gasteiger partial charge in [0.25, 0.3) is 0 Å². The van der Waals surface area contributed by atoms with Crippen molar-refractivity contribution in [2.45, 2.75) is 271 Å². The number of rotatable bonds is 53. The van der Waals surface area contributed by atoms with Crippen LogP contribution >= 0.6 is 0 Å². The number of ether oxygens (including phenoxy) is 3. The van der Waals surface area contributed by atoms with E-state index in [-0.39, 0.29) is 37.5 Å². The maximum Gasteiger partial charge on any atom is 0.306 e. The van der Waals surface area contributed by atoms with Gasteiger partial charge in [0, 0.05) is 19.3 Å². The molecule has 0 aromatic rings. The number of esters is 3. The summed E-state index contributed by atoms with van der Waals surface area (Å²) in [5.74, 6) is -0.944. The molecule has 0 N–H and O–H groups in total. The monoisotopic (exact) mass is 1010 g/mol. The standard InChI is InChI=1S/C67H110O6/c1-4-7-10-13-16-19-21-23-25-27-29-31-32-33-34-36-37-39-41-43-45-48-51-54-57-60-66(69)72-63-64(62-71-65(68)59-56-53-50-47-18-15-12-9-6-3)73-67(70)61-58-55-52-49-46-44-42-40-38-35-30-28-26-24-22-20-17-14-11-8-5-2/h7-8,10-11,16-17,19-20,23-26,29-31,35,40,42,46,49,64H,4-6,9,12-15,18,21-22,27-28,32-34,36-39,41,43-45,47-48,50-63H2,1-3H3/b10-7-,11-8-,19-16-,20-17-,25-23-,26-24-,31-29-,35-30-,42-40-,49-46-. The van der Waals surface area contributed by atoms with Gasteiger partial charge in [-0.2, -0.15) is 0 Å². The van der Waals surface area contributed by atoms with Gasteiger partial charge in [0.2, 0.25) is 0 Å². The maximum atomic E-state index is 12.8. The van der Waals surface area contributed by atoms with Gasteiger partial charge in [-0.05, 0) is 109 Å². The Morgan fingerprint density at radius 3 is 0.863 bits per heavy atom. The average molecular weight is 1010 g/mol. The Kier molecular flexibility index (Phi) is 56.9. The minimum atomic E-state index is -0.803. The minimum absolute atomic E-state index is 0.0967. The highest BCUT2D eigenvalue weighted by Crippen LogP contribution is 2.15. The third kappa shape index (κ3) is 58.6. The second-order valence-corrected chi connectivity index (χ2v) is 19.5. The van der Waals surface area contributed by atoms with Gasteiger partial charge in [-0.25, -0.2) is 0 Å². The topological polar surface area (TPSA) is 78.9 Å². The van der Waals surface area contributed by atoms with E-state index in [1.807, 2.05) is 0 Å². The molecule has 6 heteroatoms. The van der Waals surface area contributed by atoms with E-state index >= 15 is 0 Å². The van der Waals surface area contributed by atoms with Gasteiger partial charge in [0.15, 0.2) is 6.10 Å². The zero-order chi connectivity index (χ0) is 52.9. The Hall–Kier alpha value is -4.19. The second-order valence-electron chi connectivity index (χ2n) is 19.5. The Balaban J connectivity index is 4.32. The first-order valence-corrected chi connectivity index (χ1v) is 30.0. The third-order valence-electron chi connectivity index (χ3n) is 12.5. The minimum Gasteiger partial charge on any atom is -0.462 e. The molecule has 0 radical (unpaired) electrons. The van der Waals surface area contributed by atoms with Crippen LogP contribution in [0.3, 0.4) is 0 Å². The Morgan fingerprint density at radius 2 is 0.534 bits per heavy atom. The van der Waals surface area contributed by atoms with E-state index in [1.165, 1.54) is 103 Å². The fourth-order valence-corrected chi connectivity index (χ4v) is 8.03. The SMILES string of the molecule is CC/C=C\C/C=C\C/C=C\C/C=C\C/C=C\C/C=C\CCCCC(=O)OC(COC(=O)CCCCCCCCCCC)COC(=O)CCCCCCCCCCCCCC/C=C\C/C=C\C/C=C\C/C=C\CC. The van der Waals surface area contributed by atoms with Crippen LogP contribution in [0.4, 0.5) is 0 Å². The van der Waals surface area contributed by atoms with Gasteiger partial charge in [-0.1, -0.05) is 258 Å². The van der Waals surface area contributed by atoms with E-state index < -0.39 is 6.10 Å². The summed E-state index contributed by atoms with van der Waals surface area (Å²) in [7, 11) is 0. The molecular weight excluding hydrogens is 901 g/mol. The van der Waals surface area contributed by atoms with Crippen molar-refractivity contribution >= 4 is 17.9 Å². The molecule has 1 unspecified atom stereocenters. The summed E-state index contributed by atoms with van der Waals surface area (Å²) in [6.07, 6.45) is 83.5. The first kappa shape index (κ1) is 68.8. The van der Waals surface area contributed by atoms with Crippen LogP contribution in [0.25, 0.3) is 0 Å². The molecule has 0 amide bonds. The predicted octanol–water partition coefficient (Wildman–Crippen LogP) is 20.4. The van der Waals surface area contributed by atoms with Crippen LogP contribution < -0.4 is 0 Å². The van der Waals surface area contributed by atoms with E-state index in [0.717, 1.165) is 116 Å². The summed E-state index contributed by atoms with van der Waals surface area (Å²) in [4.78, 5) is 38.1. The fraction of sp³-hybridized carbons (Fsp3) is 0.657. The lowest BCUT2D eigenvalue weighted by molar-refractivity contribution is -0.167. The Morgan fingerprint density at radius 1 is 0.288 bits per heavy atom. The van der Waals surface area contributed by atoms with Gasteiger partial charge < -0.3 is 14.2 Å². The van der Waals surface area contributed by atoms with Crippen molar-refractivity contribution in [1.82, 2.24) is 0 Å². The summed E-state index contributed by atoms with van der Waals surface area (Å²) < 4.78 is 16.8. The van der Waals surface area contributed by atoms with Crippen LogP contribution in [0.15, 0.2) is 122 Å². The number of unbranched alkanes of at least 4 members (excludes halogenated alkanes) is 22. The molecule has 6 nitrogen and oxygen atoms in total. The van der Waals surface area contributed by atoms with Crippen LogP contribution in [0.5, 0.6) is 0 Å². The highest BCUT2D eigenvalue weighted by molar-refractivity contribution is 5.71. The van der Waals surface area contributed by atoms with Crippen molar-refractivity contribution in [2.24, 2.45) is 0 Å². The van der Waals surface area contributed by atoms with Gasteiger partial charge in [0.05, 0.1) is 0 Å². The highest BCUT2D eigenvalue weighted by Gasteiger charge is 2.19. The molecule has 0 rings (SSSR count). The van der Waals surface area contributed by atoms with Crippen molar-refractivity contribution in [3.8, 4) is 0 Å². The zero-order valence-corrected chi connectivity index (χ0v) is 47.4. The molecule has 0 heterocycles. The molecule has 414 valence electrons. The fourth-order valence-electron chi connectivity index (χ4n) is 8.03. The molecule has 0 aliphatic carbocycles. The maximum absolute atomic E-state index is 12.8. The van der Waals surface area contributed by atoms with Crippen molar-refractivity contribution in [1.29, 1.82) is 0 Å². The lowest BCUT2D eigenvalue weighted by Crippen LogP contribution is -2.30. The van der Waals surface area contributed by atoms with Crippen molar-refractivity contribution in [3.05, 3.63) is 122 Å². The molecule has 0 spiro atoms. The quantitative estimate of drug-likeness (QED) is 0.0261. The lowest BCUT2D eigenvalue weighted by atomic mass is 10.0. The van der Waals surface area contributed by atoms with E-state index in [9.17, 15) is 14.4 Å². The molecule has 73 heavy (non-hydrogen) atoms. The van der Waals surface area contributed by atoms with Gasteiger partial charge in [0.1, 0.15) is 13.2 Å². The first-order chi connectivity index (χ1) is 36.0. The van der Waals surface area contributed by atoms with E-state index in [1.54, 1.807) is 0 Å². The van der Waals surface area contributed by atoms with Crippen LogP contribution in [-0.2, 0) is 28.6 Å². The Bertz CT molecular complexity index is 1540.